The number of pyridine rings is 1. The Morgan fingerprint density at radius 1 is 1.27 bits per heavy atom. The molecule has 0 aliphatic carbocycles. The Bertz CT molecular complexity index is 790. The fourth-order valence-corrected chi connectivity index (χ4v) is 2.61. The van der Waals surface area contributed by atoms with Gasteiger partial charge in [-0.3, -0.25) is 14.6 Å². The second kappa shape index (κ2) is 7.99. The van der Waals surface area contributed by atoms with Crippen molar-refractivity contribution in [3.05, 3.63) is 48.2 Å². The van der Waals surface area contributed by atoms with Gasteiger partial charge in [0.05, 0.1) is 24.8 Å². The molecule has 1 aromatic heterocycles. The predicted molar refractivity (Wildman–Crippen MR) is 99.2 cm³/mol. The molecule has 0 saturated carbocycles. The highest BCUT2D eigenvalue weighted by Crippen LogP contribution is 2.30. The summed E-state index contributed by atoms with van der Waals surface area (Å²) in [5.41, 5.74) is 0.957. The average molecular weight is 356 g/mol. The van der Waals surface area contributed by atoms with Gasteiger partial charge in [-0.1, -0.05) is 19.9 Å². The summed E-state index contributed by atoms with van der Waals surface area (Å²) >= 11 is 0. The lowest BCUT2D eigenvalue weighted by atomic mass is 9.85. The molecule has 2 N–H and O–H groups in total. The molecule has 2 aromatic rings. The van der Waals surface area contributed by atoms with Gasteiger partial charge in [0, 0.05) is 17.3 Å². The maximum atomic E-state index is 12.8. The number of benzene rings is 1. The van der Waals surface area contributed by atoms with Gasteiger partial charge in [-0.15, -0.1) is 0 Å². The summed E-state index contributed by atoms with van der Waals surface area (Å²) < 4.78 is 5.38. The van der Waals surface area contributed by atoms with Crippen LogP contribution in [0.2, 0.25) is 0 Å². The number of carboxylic acids is 1. The fourth-order valence-electron chi connectivity index (χ4n) is 2.61. The molecular weight excluding hydrogens is 332 g/mol. The maximum absolute atomic E-state index is 12.8. The lowest BCUT2D eigenvalue weighted by Crippen LogP contribution is -2.51. The Labute approximate surface area is 153 Å². The van der Waals surface area contributed by atoms with Crippen LogP contribution in [0.1, 0.15) is 37.6 Å². The first-order chi connectivity index (χ1) is 12.3. The van der Waals surface area contributed by atoms with Crippen LogP contribution < -0.4 is 10.1 Å². The van der Waals surface area contributed by atoms with E-state index >= 15 is 0 Å². The summed E-state index contributed by atoms with van der Waals surface area (Å²) in [6.45, 7) is 5.51. The third-order valence-electron chi connectivity index (χ3n) is 4.59. The van der Waals surface area contributed by atoms with Gasteiger partial charge in [0.25, 0.3) is 5.91 Å². The second-order valence-corrected chi connectivity index (χ2v) is 6.73. The van der Waals surface area contributed by atoms with Crippen molar-refractivity contribution < 1.29 is 19.4 Å². The number of rotatable bonds is 7. The van der Waals surface area contributed by atoms with Crippen molar-refractivity contribution in [2.45, 2.75) is 32.7 Å². The molecule has 1 atom stereocenters. The predicted octanol–water partition coefficient (Wildman–Crippen LogP) is 3.38. The minimum Gasteiger partial charge on any atom is -0.496 e. The fraction of sp³-hybridized carbons (Fsp3) is 0.350. The van der Waals surface area contributed by atoms with Gasteiger partial charge in [0.1, 0.15) is 5.75 Å². The largest absolute Gasteiger partial charge is 0.496 e. The van der Waals surface area contributed by atoms with E-state index in [1.54, 1.807) is 38.4 Å². The molecule has 0 aliphatic heterocycles. The molecule has 2 rings (SSSR count). The maximum Gasteiger partial charge on any atom is 0.305 e. The van der Waals surface area contributed by atoms with Gasteiger partial charge in [0.15, 0.2) is 0 Å². The molecular formula is C20H24N2O4. The normalized spacial score (nSPS) is 13.1. The number of hydrogen-bond donors (Lipinski definition) is 2. The highest BCUT2D eigenvalue weighted by atomic mass is 16.5. The van der Waals surface area contributed by atoms with E-state index in [0.717, 1.165) is 0 Å². The van der Waals surface area contributed by atoms with Crippen molar-refractivity contribution in [2.75, 3.05) is 7.11 Å². The topological polar surface area (TPSA) is 88.5 Å². The molecule has 26 heavy (non-hydrogen) atoms. The quantitative estimate of drug-likeness (QED) is 0.794. The van der Waals surface area contributed by atoms with Crippen molar-refractivity contribution in [1.29, 1.82) is 0 Å². The molecule has 1 unspecified atom stereocenters. The first-order valence-corrected chi connectivity index (χ1v) is 8.40. The van der Waals surface area contributed by atoms with Gasteiger partial charge >= 0.3 is 5.97 Å². The summed E-state index contributed by atoms with van der Waals surface area (Å²) in [6, 6.07) is 10.6. The molecule has 0 aliphatic rings. The molecule has 0 saturated heterocycles. The Balaban J connectivity index is 2.36. The number of methoxy groups -OCH3 is 1. The van der Waals surface area contributed by atoms with Gasteiger partial charge in [-0.05, 0) is 43.2 Å². The van der Waals surface area contributed by atoms with Crippen LogP contribution in [0.4, 0.5) is 0 Å². The number of hydrogen-bond acceptors (Lipinski definition) is 4. The van der Waals surface area contributed by atoms with Crippen molar-refractivity contribution in [2.24, 2.45) is 5.92 Å². The zero-order chi connectivity index (χ0) is 19.3. The van der Waals surface area contributed by atoms with Crippen LogP contribution in [0.15, 0.2) is 42.6 Å². The number of carbonyl (C=O) groups is 2. The van der Waals surface area contributed by atoms with E-state index in [0.29, 0.717) is 22.6 Å². The van der Waals surface area contributed by atoms with Crippen LogP contribution in [0.5, 0.6) is 5.75 Å². The summed E-state index contributed by atoms with van der Waals surface area (Å²) in [5, 5.41) is 12.0. The molecule has 138 valence electrons. The molecule has 0 bridgehead atoms. The Hall–Kier alpha value is -2.89. The summed E-state index contributed by atoms with van der Waals surface area (Å²) in [6.07, 6.45) is 1.52. The van der Waals surface area contributed by atoms with Crippen LogP contribution in [-0.2, 0) is 4.79 Å². The number of nitrogens with zero attached hydrogens (tertiary/aromatic N) is 1. The zero-order valence-corrected chi connectivity index (χ0v) is 15.4. The van der Waals surface area contributed by atoms with E-state index in [2.05, 4.69) is 10.3 Å². The number of aromatic nitrogens is 1. The highest BCUT2D eigenvalue weighted by molar-refractivity contribution is 5.96. The zero-order valence-electron chi connectivity index (χ0n) is 15.4. The van der Waals surface area contributed by atoms with Crippen LogP contribution in [0.25, 0.3) is 11.3 Å². The number of nitrogens with one attached hydrogen (secondary N) is 1. The number of ether oxygens (including phenoxy) is 1. The minimum absolute atomic E-state index is 0.0453. The van der Waals surface area contributed by atoms with E-state index in [9.17, 15) is 9.59 Å². The minimum atomic E-state index is -0.953. The number of carboxylic acid groups (broad SMARTS) is 1. The summed E-state index contributed by atoms with van der Waals surface area (Å²) in [7, 11) is 1.56. The molecule has 1 amide bonds. The average Bonchev–Trinajstić information content (AvgIpc) is 2.61. The summed E-state index contributed by atoms with van der Waals surface area (Å²) in [4.78, 5) is 28.3. The Morgan fingerprint density at radius 3 is 2.54 bits per heavy atom. The molecule has 0 spiro atoms. The first kappa shape index (κ1) is 19.4. The van der Waals surface area contributed by atoms with Crippen LogP contribution in [-0.4, -0.2) is 34.6 Å². The van der Waals surface area contributed by atoms with Gasteiger partial charge in [-0.25, -0.2) is 0 Å². The van der Waals surface area contributed by atoms with E-state index in [1.807, 2.05) is 32.0 Å². The number of aliphatic carboxylic acids is 1. The van der Waals surface area contributed by atoms with Crippen LogP contribution in [0.3, 0.4) is 0 Å². The second-order valence-electron chi connectivity index (χ2n) is 6.73. The van der Waals surface area contributed by atoms with E-state index < -0.39 is 11.5 Å². The molecule has 6 nitrogen and oxygen atoms in total. The highest BCUT2D eigenvalue weighted by Gasteiger charge is 2.33. The first-order valence-electron chi connectivity index (χ1n) is 8.40. The van der Waals surface area contributed by atoms with E-state index in [-0.39, 0.29) is 18.2 Å². The van der Waals surface area contributed by atoms with Crippen molar-refractivity contribution in [1.82, 2.24) is 10.3 Å². The number of carbonyl (C=O) groups excluding carboxylic acids is 1. The van der Waals surface area contributed by atoms with Crippen molar-refractivity contribution >= 4 is 11.9 Å². The standard InChI is InChI=1S/C20H24N2O4/c1-13(2)20(3,12-18(23)24)22-19(25)14-8-9-17(26-4)15(11-14)16-7-5-6-10-21-16/h5-11,13H,12H2,1-4H3,(H,22,25)(H,23,24). The molecule has 1 aromatic carbocycles. The van der Waals surface area contributed by atoms with E-state index in [1.165, 1.54) is 0 Å². The van der Waals surface area contributed by atoms with Crippen molar-refractivity contribution in [3.63, 3.8) is 0 Å². The smallest absolute Gasteiger partial charge is 0.305 e. The Kier molecular flexibility index (Phi) is 5.97. The Morgan fingerprint density at radius 2 is 2.00 bits per heavy atom. The van der Waals surface area contributed by atoms with Gasteiger partial charge in [0.2, 0.25) is 0 Å². The third-order valence-corrected chi connectivity index (χ3v) is 4.59. The van der Waals surface area contributed by atoms with Gasteiger partial charge in [-0.2, -0.15) is 0 Å². The SMILES string of the molecule is COc1ccc(C(=O)NC(C)(CC(=O)O)C(C)C)cc1-c1ccccn1. The van der Waals surface area contributed by atoms with Crippen LogP contribution >= 0.6 is 0 Å². The molecule has 6 heteroatoms. The lowest BCUT2D eigenvalue weighted by Gasteiger charge is -2.33. The van der Waals surface area contributed by atoms with Crippen molar-refractivity contribution in [3.8, 4) is 17.0 Å². The number of amides is 1. The lowest BCUT2D eigenvalue weighted by molar-refractivity contribution is -0.138. The van der Waals surface area contributed by atoms with E-state index in [4.69, 9.17) is 9.84 Å². The molecule has 0 fully saturated rings. The summed E-state index contributed by atoms with van der Waals surface area (Å²) in [5.74, 6) is -0.721. The molecule has 0 radical (unpaired) electrons. The van der Waals surface area contributed by atoms with Crippen LogP contribution in [0, 0.1) is 5.92 Å². The molecule has 1 heterocycles. The monoisotopic (exact) mass is 356 g/mol. The van der Waals surface area contributed by atoms with Gasteiger partial charge < -0.3 is 15.2 Å². The third kappa shape index (κ3) is 4.39.